The molecular weight excluding hydrogens is 201 g/mol. The first-order valence-corrected chi connectivity index (χ1v) is 3.38. The number of rotatable bonds is 1. The molecule has 1 aromatic rings. The second-order valence-corrected chi connectivity index (χ2v) is 2.43. The van der Waals surface area contributed by atoms with Gasteiger partial charge in [0.1, 0.15) is 0 Å². The second kappa shape index (κ2) is 2.96. The van der Waals surface area contributed by atoms with Crippen molar-refractivity contribution >= 4 is 15.9 Å². The molecule has 0 aliphatic carbocycles. The summed E-state index contributed by atoms with van der Waals surface area (Å²) in [6, 6.07) is 0. The van der Waals surface area contributed by atoms with Crippen molar-refractivity contribution in [1.82, 2.24) is 4.98 Å². The minimum Gasteiger partial charge on any atom is -0.494 e. The SMILES string of the molecule is COc1cncc(F)c1Br. The van der Waals surface area contributed by atoms with E-state index < -0.39 is 5.82 Å². The number of nitrogens with zero attached hydrogens (tertiary/aromatic N) is 1. The molecule has 0 bridgehead atoms. The molecule has 0 fully saturated rings. The van der Waals surface area contributed by atoms with Crippen LogP contribution in [0.1, 0.15) is 0 Å². The fourth-order valence-corrected chi connectivity index (χ4v) is 0.910. The molecular formula is C6H5BrFNO. The van der Waals surface area contributed by atoms with Crippen molar-refractivity contribution in [2.45, 2.75) is 0 Å². The molecule has 0 unspecified atom stereocenters. The molecule has 0 saturated carbocycles. The van der Waals surface area contributed by atoms with Crippen molar-refractivity contribution in [3.8, 4) is 5.75 Å². The van der Waals surface area contributed by atoms with Gasteiger partial charge in [0.25, 0.3) is 0 Å². The number of hydrogen-bond donors (Lipinski definition) is 0. The highest BCUT2D eigenvalue weighted by molar-refractivity contribution is 9.10. The molecule has 2 nitrogen and oxygen atoms in total. The maximum atomic E-state index is 12.6. The molecule has 0 atom stereocenters. The van der Waals surface area contributed by atoms with Crippen molar-refractivity contribution in [2.75, 3.05) is 7.11 Å². The summed E-state index contributed by atoms with van der Waals surface area (Å²) in [5.74, 6) is -0.0145. The van der Waals surface area contributed by atoms with Gasteiger partial charge in [0.2, 0.25) is 0 Å². The van der Waals surface area contributed by atoms with Crippen LogP contribution in [0, 0.1) is 5.82 Å². The quantitative estimate of drug-likeness (QED) is 0.700. The maximum Gasteiger partial charge on any atom is 0.159 e. The zero-order valence-electron chi connectivity index (χ0n) is 5.27. The third-order valence-corrected chi connectivity index (χ3v) is 1.80. The highest BCUT2D eigenvalue weighted by atomic mass is 79.9. The van der Waals surface area contributed by atoms with E-state index in [-0.39, 0.29) is 0 Å². The maximum absolute atomic E-state index is 12.6. The Morgan fingerprint density at radius 2 is 2.30 bits per heavy atom. The van der Waals surface area contributed by atoms with E-state index in [1.807, 2.05) is 0 Å². The van der Waals surface area contributed by atoms with Crippen molar-refractivity contribution in [1.29, 1.82) is 0 Å². The number of aromatic nitrogens is 1. The zero-order valence-corrected chi connectivity index (χ0v) is 6.85. The fraction of sp³-hybridized carbons (Fsp3) is 0.167. The molecule has 0 aliphatic heterocycles. The summed E-state index contributed by atoms with van der Waals surface area (Å²) in [6.07, 6.45) is 2.56. The number of halogens is 2. The van der Waals surface area contributed by atoms with E-state index in [9.17, 15) is 4.39 Å². The average molecular weight is 206 g/mol. The molecule has 0 aromatic carbocycles. The van der Waals surface area contributed by atoms with E-state index >= 15 is 0 Å². The minimum absolute atomic E-state index is 0.310. The first kappa shape index (κ1) is 7.47. The van der Waals surface area contributed by atoms with E-state index in [0.29, 0.717) is 10.2 Å². The predicted molar refractivity (Wildman–Crippen MR) is 38.4 cm³/mol. The van der Waals surface area contributed by atoms with Gasteiger partial charge in [-0.1, -0.05) is 0 Å². The molecule has 0 radical (unpaired) electrons. The number of hydrogen-bond acceptors (Lipinski definition) is 2. The van der Waals surface area contributed by atoms with Crippen LogP contribution < -0.4 is 4.74 Å². The summed E-state index contributed by atoms with van der Waals surface area (Å²) in [5, 5.41) is 0. The highest BCUT2D eigenvalue weighted by Crippen LogP contribution is 2.25. The standard InChI is InChI=1S/C6H5BrFNO/c1-10-5-3-9-2-4(8)6(5)7/h2-3H,1H3. The average Bonchev–Trinajstić information content (AvgIpc) is 1.95. The van der Waals surface area contributed by atoms with Crippen LogP contribution >= 0.6 is 15.9 Å². The molecule has 54 valence electrons. The van der Waals surface area contributed by atoms with Gasteiger partial charge in [0.15, 0.2) is 11.6 Å². The molecule has 0 saturated heterocycles. The lowest BCUT2D eigenvalue weighted by Gasteiger charge is -2.00. The summed E-state index contributed by atoms with van der Waals surface area (Å²) < 4.78 is 17.7. The van der Waals surface area contributed by atoms with Gasteiger partial charge in [0.05, 0.1) is 24.0 Å². The van der Waals surface area contributed by atoms with Crippen molar-refractivity contribution in [3.63, 3.8) is 0 Å². The van der Waals surface area contributed by atoms with Crippen LogP contribution in [0.15, 0.2) is 16.9 Å². The van der Waals surface area contributed by atoms with Crippen LogP contribution in [0.2, 0.25) is 0 Å². The van der Waals surface area contributed by atoms with Crippen LogP contribution in [0.25, 0.3) is 0 Å². The predicted octanol–water partition coefficient (Wildman–Crippen LogP) is 1.99. The summed E-state index contributed by atoms with van der Waals surface area (Å²) in [6.45, 7) is 0. The van der Waals surface area contributed by atoms with Crippen LogP contribution in [-0.4, -0.2) is 12.1 Å². The summed E-state index contributed by atoms with van der Waals surface area (Å²) in [7, 11) is 1.46. The van der Waals surface area contributed by atoms with Crippen LogP contribution in [0.4, 0.5) is 4.39 Å². The Morgan fingerprint density at radius 3 is 2.80 bits per heavy atom. The Hall–Kier alpha value is -0.640. The molecule has 4 heteroatoms. The Labute approximate surface area is 66.2 Å². The molecule has 1 heterocycles. The molecule has 10 heavy (non-hydrogen) atoms. The highest BCUT2D eigenvalue weighted by Gasteiger charge is 2.04. The topological polar surface area (TPSA) is 22.1 Å². The molecule has 0 spiro atoms. The van der Waals surface area contributed by atoms with Crippen molar-refractivity contribution in [3.05, 3.63) is 22.7 Å². The first-order valence-electron chi connectivity index (χ1n) is 2.58. The largest absolute Gasteiger partial charge is 0.494 e. The van der Waals surface area contributed by atoms with Gasteiger partial charge in [-0.15, -0.1) is 0 Å². The second-order valence-electron chi connectivity index (χ2n) is 1.64. The molecule has 0 aliphatic rings. The smallest absolute Gasteiger partial charge is 0.159 e. The Kier molecular flexibility index (Phi) is 2.21. The number of ether oxygens (including phenoxy) is 1. The van der Waals surface area contributed by atoms with Gasteiger partial charge < -0.3 is 4.74 Å². The van der Waals surface area contributed by atoms with E-state index in [4.69, 9.17) is 4.74 Å². The molecule has 0 amide bonds. The van der Waals surface area contributed by atoms with Gasteiger partial charge in [-0.2, -0.15) is 0 Å². The van der Waals surface area contributed by atoms with E-state index in [0.717, 1.165) is 6.20 Å². The Bertz CT molecular complexity index is 241. The number of methoxy groups -OCH3 is 1. The van der Waals surface area contributed by atoms with Crippen LogP contribution in [0.3, 0.4) is 0 Å². The summed E-state index contributed by atoms with van der Waals surface area (Å²) in [5.41, 5.74) is 0. The Balaban J connectivity index is 3.14. The zero-order chi connectivity index (χ0) is 7.56. The van der Waals surface area contributed by atoms with E-state index in [1.165, 1.54) is 13.3 Å². The first-order chi connectivity index (χ1) is 4.75. The van der Waals surface area contributed by atoms with Crippen LogP contribution in [-0.2, 0) is 0 Å². The monoisotopic (exact) mass is 205 g/mol. The number of pyridine rings is 1. The molecule has 1 rings (SSSR count). The van der Waals surface area contributed by atoms with E-state index in [2.05, 4.69) is 20.9 Å². The third-order valence-electron chi connectivity index (χ3n) is 1.03. The summed E-state index contributed by atoms with van der Waals surface area (Å²) >= 11 is 3.00. The lowest BCUT2D eigenvalue weighted by atomic mass is 10.4. The van der Waals surface area contributed by atoms with Crippen LogP contribution in [0.5, 0.6) is 5.75 Å². The van der Waals surface area contributed by atoms with E-state index in [1.54, 1.807) is 0 Å². The van der Waals surface area contributed by atoms with Gasteiger partial charge in [0, 0.05) is 0 Å². The lowest BCUT2D eigenvalue weighted by Crippen LogP contribution is -1.88. The lowest BCUT2D eigenvalue weighted by molar-refractivity contribution is 0.405. The van der Waals surface area contributed by atoms with Gasteiger partial charge in [-0.25, -0.2) is 4.39 Å². The van der Waals surface area contributed by atoms with Crippen molar-refractivity contribution < 1.29 is 9.13 Å². The minimum atomic E-state index is -0.417. The van der Waals surface area contributed by atoms with Gasteiger partial charge in [-0.3, -0.25) is 4.98 Å². The Morgan fingerprint density at radius 1 is 1.60 bits per heavy atom. The molecule has 0 N–H and O–H groups in total. The van der Waals surface area contributed by atoms with Crippen molar-refractivity contribution in [2.24, 2.45) is 0 Å². The molecule has 1 aromatic heterocycles. The fourth-order valence-electron chi connectivity index (χ4n) is 0.544. The van der Waals surface area contributed by atoms with Gasteiger partial charge >= 0.3 is 0 Å². The van der Waals surface area contributed by atoms with Gasteiger partial charge in [-0.05, 0) is 15.9 Å². The third kappa shape index (κ3) is 1.26. The normalized spacial score (nSPS) is 9.50. The summed E-state index contributed by atoms with van der Waals surface area (Å²) in [4.78, 5) is 3.59.